The summed E-state index contributed by atoms with van der Waals surface area (Å²) in [5.41, 5.74) is 6.86. The van der Waals surface area contributed by atoms with Gasteiger partial charge >= 0.3 is 0 Å². The Morgan fingerprint density at radius 2 is 2.25 bits per heavy atom. The van der Waals surface area contributed by atoms with Crippen LogP contribution in [0.4, 0.5) is 4.39 Å². The lowest BCUT2D eigenvalue weighted by Crippen LogP contribution is -2.06. The summed E-state index contributed by atoms with van der Waals surface area (Å²) in [7, 11) is 0. The van der Waals surface area contributed by atoms with E-state index in [0.717, 1.165) is 10.0 Å². The van der Waals surface area contributed by atoms with Gasteiger partial charge in [0.15, 0.2) is 0 Å². The standard InChI is InChI=1S/C11H11BrFN3/c1-7(14)8-2-3-11(10(13)4-8)16-6-9(12)5-15-16/h2-7H,14H2,1H3/t7-/m1/s1. The minimum absolute atomic E-state index is 0.173. The molecule has 0 aliphatic carbocycles. The van der Waals surface area contributed by atoms with E-state index in [1.165, 1.54) is 10.7 Å². The Balaban J connectivity index is 2.44. The van der Waals surface area contributed by atoms with Gasteiger partial charge in [0.1, 0.15) is 11.5 Å². The molecule has 2 N–H and O–H groups in total. The lowest BCUT2D eigenvalue weighted by molar-refractivity contribution is 0.606. The summed E-state index contributed by atoms with van der Waals surface area (Å²) in [5, 5.41) is 4.02. The van der Waals surface area contributed by atoms with Gasteiger partial charge < -0.3 is 5.73 Å². The van der Waals surface area contributed by atoms with Gasteiger partial charge in [-0.2, -0.15) is 5.10 Å². The Kier molecular flexibility index (Phi) is 3.07. The highest BCUT2D eigenvalue weighted by Gasteiger charge is 2.08. The molecule has 5 heteroatoms. The first kappa shape index (κ1) is 11.3. The summed E-state index contributed by atoms with van der Waals surface area (Å²) in [6.07, 6.45) is 3.31. The monoisotopic (exact) mass is 283 g/mol. The van der Waals surface area contributed by atoms with Crippen LogP contribution in [0.15, 0.2) is 35.1 Å². The summed E-state index contributed by atoms with van der Waals surface area (Å²) in [6.45, 7) is 1.82. The average Bonchev–Trinajstić information content (AvgIpc) is 2.64. The fourth-order valence-corrected chi connectivity index (χ4v) is 1.71. The van der Waals surface area contributed by atoms with Crippen LogP contribution in [0.5, 0.6) is 0 Å². The maximum Gasteiger partial charge on any atom is 0.149 e. The first-order chi connectivity index (χ1) is 7.58. The van der Waals surface area contributed by atoms with Crippen molar-refractivity contribution in [2.75, 3.05) is 0 Å². The van der Waals surface area contributed by atoms with Gasteiger partial charge in [-0.25, -0.2) is 9.07 Å². The highest BCUT2D eigenvalue weighted by atomic mass is 79.9. The van der Waals surface area contributed by atoms with Crippen LogP contribution in [0.25, 0.3) is 5.69 Å². The summed E-state index contributed by atoms with van der Waals surface area (Å²) in [5.74, 6) is -0.328. The fraction of sp³-hybridized carbons (Fsp3) is 0.182. The van der Waals surface area contributed by atoms with E-state index in [4.69, 9.17) is 5.73 Å². The predicted molar refractivity (Wildman–Crippen MR) is 63.8 cm³/mol. The van der Waals surface area contributed by atoms with Crippen LogP contribution in [0.2, 0.25) is 0 Å². The molecule has 0 spiro atoms. The van der Waals surface area contributed by atoms with Crippen molar-refractivity contribution in [3.63, 3.8) is 0 Å². The first-order valence-corrected chi connectivity index (χ1v) is 5.63. The molecule has 84 valence electrons. The zero-order chi connectivity index (χ0) is 11.7. The van der Waals surface area contributed by atoms with Crippen LogP contribution < -0.4 is 5.73 Å². The van der Waals surface area contributed by atoms with Crippen molar-refractivity contribution in [3.05, 3.63) is 46.4 Å². The number of nitrogens with zero attached hydrogens (tertiary/aromatic N) is 2. The Hall–Kier alpha value is -1.20. The number of aromatic nitrogens is 2. The minimum Gasteiger partial charge on any atom is -0.324 e. The maximum absolute atomic E-state index is 13.8. The van der Waals surface area contributed by atoms with Crippen LogP contribution in [-0.4, -0.2) is 9.78 Å². The normalized spacial score (nSPS) is 12.8. The van der Waals surface area contributed by atoms with Crippen molar-refractivity contribution in [2.24, 2.45) is 5.73 Å². The molecule has 0 radical (unpaired) electrons. The zero-order valence-electron chi connectivity index (χ0n) is 8.69. The summed E-state index contributed by atoms with van der Waals surface area (Å²) in [4.78, 5) is 0. The molecular formula is C11H11BrFN3. The smallest absolute Gasteiger partial charge is 0.149 e. The van der Waals surface area contributed by atoms with E-state index in [1.54, 1.807) is 24.5 Å². The van der Waals surface area contributed by atoms with Gasteiger partial charge in [0, 0.05) is 12.2 Å². The van der Waals surface area contributed by atoms with E-state index in [1.807, 2.05) is 6.92 Å². The van der Waals surface area contributed by atoms with Crippen molar-refractivity contribution < 1.29 is 4.39 Å². The molecule has 3 nitrogen and oxygen atoms in total. The molecule has 2 rings (SSSR count). The summed E-state index contributed by atoms with van der Waals surface area (Å²) in [6, 6.07) is 4.75. The number of hydrogen-bond donors (Lipinski definition) is 1. The summed E-state index contributed by atoms with van der Waals surface area (Å²) >= 11 is 3.27. The van der Waals surface area contributed by atoms with Crippen LogP contribution in [0.3, 0.4) is 0 Å². The second-order valence-corrected chi connectivity index (χ2v) is 4.52. The largest absolute Gasteiger partial charge is 0.324 e. The second kappa shape index (κ2) is 4.35. The Labute approximate surface area is 101 Å². The molecule has 1 aromatic heterocycles. The van der Waals surface area contributed by atoms with Gasteiger partial charge in [0.05, 0.1) is 10.7 Å². The topological polar surface area (TPSA) is 43.8 Å². The third-order valence-electron chi connectivity index (χ3n) is 2.30. The predicted octanol–water partition coefficient (Wildman–Crippen LogP) is 2.79. The molecule has 0 aliphatic rings. The van der Waals surface area contributed by atoms with Gasteiger partial charge in [-0.05, 0) is 40.5 Å². The third kappa shape index (κ3) is 2.15. The van der Waals surface area contributed by atoms with Crippen LogP contribution in [0, 0.1) is 5.82 Å². The van der Waals surface area contributed by atoms with E-state index in [2.05, 4.69) is 21.0 Å². The van der Waals surface area contributed by atoms with Crippen LogP contribution >= 0.6 is 15.9 Å². The van der Waals surface area contributed by atoms with E-state index < -0.39 is 0 Å². The van der Waals surface area contributed by atoms with E-state index in [0.29, 0.717) is 5.69 Å². The van der Waals surface area contributed by atoms with Gasteiger partial charge in [-0.15, -0.1) is 0 Å². The van der Waals surface area contributed by atoms with Gasteiger partial charge in [0.2, 0.25) is 0 Å². The Morgan fingerprint density at radius 3 is 2.75 bits per heavy atom. The van der Waals surface area contributed by atoms with Crippen molar-refractivity contribution >= 4 is 15.9 Å². The van der Waals surface area contributed by atoms with E-state index in [-0.39, 0.29) is 11.9 Å². The average molecular weight is 284 g/mol. The Morgan fingerprint density at radius 1 is 1.50 bits per heavy atom. The third-order valence-corrected chi connectivity index (χ3v) is 2.70. The molecule has 0 bridgehead atoms. The van der Waals surface area contributed by atoms with Crippen LogP contribution in [0.1, 0.15) is 18.5 Å². The summed E-state index contributed by atoms with van der Waals surface area (Å²) < 4.78 is 16.1. The fourth-order valence-electron chi connectivity index (χ4n) is 1.42. The molecule has 0 amide bonds. The lowest BCUT2D eigenvalue weighted by Gasteiger charge is -2.08. The zero-order valence-corrected chi connectivity index (χ0v) is 10.3. The minimum atomic E-state index is -0.328. The molecular weight excluding hydrogens is 273 g/mol. The molecule has 16 heavy (non-hydrogen) atoms. The number of halogens is 2. The molecule has 2 aromatic rings. The molecule has 0 unspecified atom stereocenters. The molecule has 0 fully saturated rings. The van der Waals surface area contributed by atoms with Crippen molar-refractivity contribution in [2.45, 2.75) is 13.0 Å². The number of nitrogens with two attached hydrogens (primary N) is 1. The highest BCUT2D eigenvalue weighted by Crippen LogP contribution is 2.19. The van der Waals surface area contributed by atoms with E-state index in [9.17, 15) is 4.39 Å². The maximum atomic E-state index is 13.8. The highest BCUT2D eigenvalue weighted by molar-refractivity contribution is 9.10. The number of rotatable bonds is 2. The van der Waals surface area contributed by atoms with Gasteiger partial charge in [0.25, 0.3) is 0 Å². The van der Waals surface area contributed by atoms with Gasteiger partial charge in [-0.3, -0.25) is 0 Å². The van der Waals surface area contributed by atoms with Crippen LogP contribution in [-0.2, 0) is 0 Å². The molecule has 1 atom stereocenters. The molecule has 0 saturated heterocycles. The number of benzene rings is 1. The molecule has 0 saturated carbocycles. The van der Waals surface area contributed by atoms with Crippen molar-refractivity contribution in [1.82, 2.24) is 9.78 Å². The SMILES string of the molecule is C[C@@H](N)c1ccc(-n2cc(Br)cn2)c(F)c1. The second-order valence-electron chi connectivity index (χ2n) is 3.60. The molecule has 0 aliphatic heterocycles. The number of hydrogen-bond acceptors (Lipinski definition) is 2. The molecule has 1 heterocycles. The first-order valence-electron chi connectivity index (χ1n) is 4.83. The van der Waals surface area contributed by atoms with Crippen molar-refractivity contribution in [1.29, 1.82) is 0 Å². The van der Waals surface area contributed by atoms with Gasteiger partial charge in [-0.1, -0.05) is 6.07 Å². The molecule has 1 aromatic carbocycles. The quantitative estimate of drug-likeness (QED) is 0.921. The van der Waals surface area contributed by atoms with E-state index >= 15 is 0 Å². The lowest BCUT2D eigenvalue weighted by atomic mass is 10.1. The van der Waals surface area contributed by atoms with Crippen molar-refractivity contribution in [3.8, 4) is 5.69 Å². The Bertz CT molecular complexity index is 508.